The van der Waals surface area contributed by atoms with Gasteiger partial charge in [0.1, 0.15) is 0 Å². The van der Waals surface area contributed by atoms with Crippen molar-refractivity contribution in [2.45, 2.75) is 32.3 Å². The van der Waals surface area contributed by atoms with Crippen LogP contribution in [0, 0.1) is 23.5 Å². The first-order valence-corrected chi connectivity index (χ1v) is 5.15. The van der Waals surface area contributed by atoms with Gasteiger partial charge in [-0.1, -0.05) is 6.07 Å². The van der Waals surface area contributed by atoms with Crippen LogP contribution in [0.5, 0.6) is 0 Å². The highest BCUT2D eigenvalue weighted by molar-refractivity contribution is 5.18. The third-order valence-electron chi connectivity index (χ3n) is 2.23. The Kier molecular flexibility index (Phi) is 4.94. The minimum atomic E-state index is -0.877. The predicted octanol–water partition coefficient (Wildman–Crippen LogP) is 2.67. The van der Waals surface area contributed by atoms with Crippen molar-refractivity contribution in [3.8, 4) is 11.8 Å². The van der Waals surface area contributed by atoms with Crippen molar-refractivity contribution in [2.24, 2.45) is 0 Å². The molecule has 0 aromatic heterocycles. The third-order valence-corrected chi connectivity index (χ3v) is 2.23. The fourth-order valence-electron chi connectivity index (χ4n) is 1.40. The molecule has 1 aromatic carbocycles. The number of aliphatic hydroxyl groups is 1. The van der Waals surface area contributed by atoms with Gasteiger partial charge in [-0.25, -0.2) is 8.78 Å². The zero-order valence-corrected chi connectivity index (χ0v) is 9.13. The summed E-state index contributed by atoms with van der Waals surface area (Å²) in [5, 5.41) is 9.61. The van der Waals surface area contributed by atoms with E-state index in [0.717, 1.165) is 12.1 Å². The third kappa shape index (κ3) is 4.00. The van der Waals surface area contributed by atoms with Gasteiger partial charge in [0.25, 0.3) is 0 Å². The summed E-state index contributed by atoms with van der Waals surface area (Å²) in [6.45, 7) is 1.74. The van der Waals surface area contributed by atoms with Crippen molar-refractivity contribution in [1.82, 2.24) is 0 Å². The number of hydrogen-bond donors (Lipinski definition) is 1. The quantitative estimate of drug-likeness (QED) is 0.779. The summed E-state index contributed by atoms with van der Waals surface area (Å²) < 4.78 is 25.5. The maximum Gasteiger partial charge on any atom is 0.159 e. The van der Waals surface area contributed by atoms with E-state index in [1.165, 1.54) is 6.07 Å². The van der Waals surface area contributed by atoms with E-state index in [4.69, 9.17) is 0 Å². The molecule has 1 atom stereocenters. The first-order chi connectivity index (χ1) is 7.63. The molecule has 0 aliphatic carbocycles. The average Bonchev–Trinajstić information content (AvgIpc) is 2.24. The lowest BCUT2D eigenvalue weighted by Crippen LogP contribution is -2.10. The average molecular weight is 224 g/mol. The molecular formula is C13H14F2O. The molecule has 0 radical (unpaired) electrons. The van der Waals surface area contributed by atoms with Crippen LogP contribution < -0.4 is 0 Å². The van der Waals surface area contributed by atoms with Gasteiger partial charge in [0.2, 0.25) is 0 Å². The lowest BCUT2D eigenvalue weighted by atomic mass is 10.0. The summed E-state index contributed by atoms with van der Waals surface area (Å²) in [7, 11) is 0. The molecule has 0 spiro atoms. The van der Waals surface area contributed by atoms with E-state index < -0.39 is 17.7 Å². The van der Waals surface area contributed by atoms with Gasteiger partial charge in [-0.15, -0.1) is 11.8 Å². The highest BCUT2D eigenvalue weighted by Crippen LogP contribution is 2.12. The molecule has 0 saturated heterocycles. The van der Waals surface area contributed by atoms with Crippen LogP contribution in [0.25, 0.3) is 0 Å². The van der Waals surface area contributed by atoms with E-state index >= 15 is 0 Å². The maximum atomic E-state index is 12.9. The molecule has 16 heavy (non-hydrogen) atoms. The van der Waals surface area contributed by atoms with Crippen LogP contribution in [-0.2, 0) is 6.42 Å². The molecule has 1 unspecified atom stereocenters. The first kappa shape index (κ1) is 12.7. The Morgan fingerprint density at radius 2 is 2.06 bits per heavy atom. The Labute approximate surface area is 94.1 Å². The fraction of sp³-hybridized carbons (Fsp3) is 0.385. The summed E-state index contributed by atoms with van der Waals surface area (Å²) in [5.74, 6) is 3.83. The number of benzene rings is 1. The zero-order chi connectivity index (χ0) is 12.0. The Bertz CT molecular complexity index is 404. The standard InChI is InChI=1S/C13H14F2O/c1-2-3-4-5-11(16)8-10-6-7-12(14)13(15)9-10/h6-7,9,11,16H,4-5,8H2,1H3. The van der Waals surface area contributed by atoms with Crippen LogP contribution in [0.15, 0.2) is 18.2 Å². The first-order valence-electron chi connectivity index (χ1n) is 5.15. The molecule has 3 heteroatoms. The smallest absolute Gasteiger partial charge is 0.159 e. The monoisotopic (exact) mass is 224 g/mol. The lowest BCUT2D eigenvalue weighted by molar-refractivity contribution is 0.166. The fourth-order valence-corrected chi connectivity index (χ4v) is 1.40. The molecule has 0 aliphatic rings. The number of hydrogen-bond acceptors (Lipinski definition) is 1. The highest BCUT2D eigenvalue weighted by atomic mass is 19.2. The van der Waals surface area contributed by atoms with Crippen LogP contribution in [0.2, 0.25) is 0 Å². The van der Waals surface area contributed by atoms with Crippen molar-refractivity contribution in [1.29, 1.82) is 0 Å². The van der Waals surface area contributed by atoms with Crippen LogP contribution in [-0.4, -0.2) is 11.2 Å². The molecule has 1 aromatic rings. The number of halogens is 2. The lowest BCUT2D eigenvalue weighted by Gasteiger charge is -2.08. The Morgan fingerprint density at radius 3 is 2.69 bits per heavy atom. The Morgan fingerprint density at radius 1 is 1.31 bits per heavy atom. The summed E-state index contributed by atoms with van der Waals surface area (Å²) in [6.07, 6.45) is 0.912. The largest absolute Gasteiger partial charge is 0.393 e. The summed E-state index contributed by atoms with van der Waals surface area (Å²) in [5.41, 5.74) is 0.593. The van der Waals surface area contributed by atoms with Crippen molar-refractivity contribution < 1.29 is 13.9 Å². The van der Waals surface area contributed by atoms with Crippen molar-refractivity contribution >= 4 is 0 Å². The molecule has 1 N–H and O–H groups in total. The second-order valence-corrected chi connectivity index (χ2v) is 3.57. The van der Waals surface area contributed by atoms with Gasteiger partial charge in [-0.05, 0) is 37.5 Å². The van der Waals surface area contributed by atoms with E-state index in [1.807, 2.05) is 0 Å². The van der Waals surface area contributed by atoms with E-state index in [1.54, 1.807) is 6.92 Å². The number of rotatable bonds is 4. The molecule has 0 saturated carbocycles. The van der Waals surface area contributed by atoms with Gasteiger partial charge in [-0.2, -0.15) is 0 Å². The topological polar surface area (TPSA) is 20.2 Å². The minimum absolute atomic E-state index is 0.322. The second kappa shape index (κ2) is 6.24. The SMILES string of the molecule is CC#CCCC(O)Cc1ccc(F)c(F)c1. The van der Waals surface area contributed by atoms with Gasteiger partial charge in [0, 0.05) is 6.42 Å². The van der Waals surface area contributed by atoms with E-state index in [0.29, 0.717) is 24.8 Å². The second-order valence-electron chi connectivity index (χ2n) is 3.57. The number of aliphatic hydroxyl groups excluding tert-OH is 1. The van der Waals surface area contributed by atoms with Crippen molar-refractivity contribution in [3.63, 3.8) is 0 Å². The molecule has 1 rings (SSSR count). The Balaban J connectivity index is 2.51. The van der Waals surface area contributed by atoms with Gasteiger partial charge in [0.05, 0.1) is 6.10 Å². The van der Waals surface area contributed by atoms with Crippen molar-refractivity contribution in [3.05, 3.63) is 35.4 Å². The molecule has 0 bridgehead atoms. The van der Waals surface area contributed by atoms with Crippen LogP contribution in [0.4, 0.5) is 8.78 Å². The molecule has 0 heterocycles. The minimum Gasteiger partial charge on any atom is -0.393 e. The summed E-state index contributed by atoms with van der Waals surface area (Å²) in [4.78, 5) is 0. The van der Waals surface area contributed by atoms with Crippen molar-refractivity contribution in [2.75, 3.05) is 0 Å². The Hall–Kier alpha value is -1.40. The van der Waals surface area contributed by atoms with Crippen LogP contribution in [0.1, 0.15) is 25.3 Å². The van der Waals surface area contributed by atoms with E-state index in [-0.39, 0.29) is 0 Å². The van der Waals surface area contributed by atoms with Gasteiger partial charge in [-0.3, -0.25) is 0 Å². The van der Waals surface area contributed by atoms with Gasteiger partial charge >= 0.3 is 0 Å². The van der Waals surface area contributed by atoms with Gasteiger partial charge < -0.3 is 5.11 Å². The molecule has 0 fully saturated rings. The van der Waals surface area contributed by atoms with Crippen LogP contribution >= 0.6 is 0 Å². The summed E-state index contributed by atoms with van der Waals surface area (Å²) >= 11 is 0. The van der Waals surface area contributed by atoms with E-state index in [9.17, 15) is 13.9 Å². The predicted molar refractivity (Wildman–Crippen MR) is 58.8 cm³/mol. The molecule has 0 amide bonds. The summed E-state index contributed by atoms with van der Waals surface area (Å²) in [6, 6.07) is 3.67. The zero-order valence-electron chi connectivity index (χ0n) is 9.13. The molecule has 0 aliphatic heterocycles. The van der Waals surface area contributed by atoms with Gasteiger partial charge in [0.15, 0.2) is 11.6 Å². The van der Waals surface area contributed by atoms with Crippen LogP contribution in [0.3, 0.4) is 0 Å². The normalized spacial score (nSPS) is 11.8. The highest BCUT2D eigenvalue weighted by Gasteiger charge is 2.07. The molecular weight excluding hydrogens is 210 g/mol. The molecule has 1 nitrogen and oxygen atoms in total. The molecule has 86 valence electrons. The van der Waals surface area contributed by atoms with E-state index in [2.05, 4.69) is 11.8 Å². The maximum absolute atomic E-state index is 12.9.